The lowest BCUT2D eigenvalue weighted by Gasteiger charge is -2.35. The van der Waals surface area contributed by atoms with Gasteiger partial charge in [-0.3, -0.25) is 0 Å². The number of hydrogen-bond acceptors (Lipinski definition) is 1. The first-order valence-electron chi connectivity index (χ1n) is 7.00. The van der Waals surface area contributed by atoms with E-state index in [4.69, 9.17) is 0 Å². The molecule has 3 nitrogen and oxygen atoms in total. The van der Waals surface area contributed by atoms with Crippen LogP contribution in [0, 0.1) is 5.92 Å². The standard InChI is InChI=1S/C14H28N2O/c1-5-16(14(2,3)4)13(17)15-11-12-9-7-6-8-10-12/h12H,5-11H2,1-4H3,(H,15,17). The first-order valence-corrected chi connectivity index (χ1v) is 7.00. The Kier molecular flexibility index (Phi) is 5.29. The van der Waals surface area contributed by atoms with E-state index in [2.05, 4.69) is 26.1 Å². The van der Waals surface area contributed by atoms with Crippen molar-refractivity contribution < 1.29 is 4.79 Å². The zero-order chi connectivity index (χ0) is 12.9. The predicted molar refractivity (Wildman–Crippen MR) is 72.1 cm³/mol. The molecule has 0 aromatic rings. The van der Waals surface area contributed by atoms with Crippen LogP contribution in [0.5, 0.6) is 0 Å². The Morgan fingerprint density at radius 1 is 1.24 bits per heavy atom. The van der Waals surface area contributed by atoms with Gasteiger partial charge in [-0.2, -0.15) is 0 Å². The number of carbonyl (C=O) groups excluding carboxylic acids is 1. The van der Waals surface area contributed by atoms with Crippen LogP contribution in [-0.2, 0) is 0 Å². The lowest BCUT2D eigenvalue weighted by atomic mass is 9.89. The summed E-state index contributed by atoms with van der Waals surface area (Å²) in [7, 11) is 0. The van der Waals surface area contributed by atoms with Gasteiger partial charge < -0.3 is 10.2 Å². The summed E-state index contributed by atoms with van der Waals surface area (Å²) in [4.78, 5) is 14.0. The number of carbonyl (C=O) groups is 1. The minimum absolute atomic E-state index is 0.0885. The van der Waals surface area contributed by atoms with Crippen molar-refractivity contribution in [2.75, 3.05) is 13.1 Å². The van der Waals surface area contributed by atoms with Crippen LogP contribution in [-0.4, -0.2) is 29.6 Å². The minimum atomic E-state index is -0.0919. The second-order valence-corrected chi connectivity index (χ2v) is 6.11. The van der Waals surface area contributed by atoms with E-state index in [9.17, 15) is 4.79 Å². The third-order valence-electron chi connectivity index (χ3n) is 3.64. The van der Waals surface area contributed by atoms with E-state index in [0.29, 0.717) is 5.92 Å². The molecule has 0 aromatic heterocycles. The second-order valence-electron chi connectivity index (χ2n) is 6.11. The molecule has 1 fully saturated rings. The Morgan fingerprint density at radius 2 is 1.82 bits per heavy atom. The van der Waals surface area contributed by atoms with Crippen LogP contribution < -0.4 is 5.32 Å². The average molecular weight is 240 g/mol. The van der Waals surface area contributed by atoms with Crippen LogP contribution >= 0.6 is 0 Å². The Hall–Kier alpha value is -0.730. The number of hydrogen-bond donors (Lipinski definition) is 1. The van der Waals surface area contributed by atoms with Crippen molar-refractivity contribution in [3.05, 3.63) is 0 Å². The summed E-state index contributed by atoms with van der Waals surface area (Å²) in [6, 6.07) is 0.0885. The highest BCUT2D eigenvalue weighted by molar-refractivity contribution is 5.74. The van der Waals surface area contributed by atoms with Gasteiger partial charge in [-0.05, 0) is 46.5 Å². The van der Waals surface area contributed by atoms with Crippen molar-refractivity contribution in [3.8, 4) is 0 Å². The Bertz CT molecular complexity index is 239. The van der Waals surface area contributed by atoms with Crippen LogP contribution in [0.1, 0.15) is 59.8 Å². The summed E-state index contributed by atoms with van der Waals surface area (Å²) in [5.74, 6) is 0.700. The van der Waals surface area contributed by atoms with Gasteiger partial charge in [0, 0.05) is 18.6 Å². The van der Waals surface area contributed by atoms with Gasteiger partial charge in [0.25, 0.3) is 0 Å². The molecule has 3 heteroatoms. The highest BCUT2D eigenvalue weighted by Crippen LogP contribution is 2.23. The zero-order valence-electron chi connectivity index (χ0n) is 11.9. The molecule has 2 amide bonds. The summed E-state index contributed by atoms with van der Waals surface area (Å²) in [5, 5.41) is 3.10. The fraction of sp³-hybridized carbons (Fsp3) is 0.929. The van der Waals surface area contributed by atoms with Gasteiger partial charge in [0.15, 0.2) is 0 Å². The molecule has 0 unspecified atom stereocenters. The van der Waals surface area contributed by atoms with Gasteiger partial charge in [-0.25, -0.2) is 4.79 Å². The maximum Gasteiger partial charge on any atom is 0.317 e. The molecule has 1 rings (SSSR count). The molecule has 1 N–H and O–H groups in total. The van der Waals surface area contributed by atoms with Gasteiger partial charge in [0.05, 0.1) is 0 Å². The van der Waals surface area contributed by atoms with Gasteiger partial charge in [0.2, 0.25) is 0 Å². The van der Waals surface area contributed by atoms with Gasteiger partial charge in [0.1, 0.15) is 0 Å². The molecule has 100 valence electrons. The molecule has 1 aliphatic rings. The summed E-state index contributed by atoms with van der Waals surface area (Å²) < 4.78 is 0. The molecule has 0 spiro atoms. The largest absolute Gasteiger partial charge is 0.338 e. The van der Waals surface area contributed by atoms with E-state index >= 15 is 0 Å². The fourth-order valence-corrected chi connectivity index (χ4v) is 2.64. The van der Waals surface area contributed by atoms with Crippen LogP contribution in [0.2, 0.25) is 0 Å². The molecular formula is C14H28N2O. The normalized spacial score (nSPS) is 17.9. The molecule has 1 saturated carbocycles. The van der Waals surface area contributed by atoms with E-state index in [1.165, 1.54) is 32.1 Å². The third kappa shape index (κ3) is 4.57. The van der Waals surface area contributed by atoms with E-state index in [1.807, 2.05) is 11.8 Å². The summed E-state index contributed by atoms with van der Waals surface area (Å²) in [6.07, 6.45) is 6.59. The molecule has 0 atom stereocenters. The van der Waals surface area contributed by atoms with E-state index in [-0.39, 0.29) is 11.6 Å². The van der Waals surface area contributed by atoms with Crippen LogP contribution in [0.3, 0.4) is 0 Å². The molecule has 17 heavy (non-hydrogen) atoms. The van der Waals surface area contributed by atoms with Crippen molar-refractivity contribution in [1.29, 1.82) is 0 Å². The van der Waals surface area contributed by atoms with Crippen molar-refractivity contribution >= 4 is 6.03 Å². The van der Waals surface area contributed by atoms with Crippen LogP contribution in [0.4, 0.5) is 4.79 Å². The molecule has 0 aromatic carbocycles. The highest BCUT2D eigenvalue weighted by atomic mass is 16.2. The molecule has 1 aliphatic carbocycles. The summed E-state index contributed by atoms with van der Waals surface area (Å²) >= 11 is 0. The number of urea groups is 1. The first kappa shape index (κ1) is 14.3. The lowest BCUT2D eigenvalue weighted by molar-refractivity contribution is 0.147. The molecule has 0 saturated heterocycles. The van der Waals surface area contributed by atoms with E-state index < -0.39 is 0 Å². The molecular weight excluding hydrogens is 212 g/mol. The molecule has 0 bridgehead atoms. The topological polar surface area (TPSA) is 32.3 Å². The highest BCUT2D eigenvalue weighted by Gasteiger charge is 2.25. The van der Waals surface area contributed by atoms with Gasteiger partial charge in [-0.15, -0.1) is 0 Å². The quantitative estimate of drug-likeness (QED) is 0.805. The number of nitrogens with one attached hydrogen (secondary N) is 1. The van der Waals surface area contributed by atoms with Crippen LogP contribution in [0.25, 0.3) is 0 Å². The van der Waals surface area contributed by atoms with Crippen LogP contribution in [0.15, 0.2) is 0 Å². The SMILES string of the molecule is CCN(C(=O)NCC1CCCCC1)C(C)(C)C. The number of nitrogens with zero attached hydrogens (tertiary/aromatic N) is 1. The van der Waals surface area contributed by atoms with Crippen molar-refractivity contribution in [3.63, 3.8) is 0 Å². The van der Waals surface area contributed by atoms with E-state index in [0.717, 1.165) is 13.1 Å². The van der Waals surface area contributed by atoms with Gasteiger partial charge in [-0.1, -0.05) is 19.3 Å². The molecule has 0 aliphatic heterocycles. The second kappa shape index (κ2) is 6.27. The fourth-order valence-electron chi connectivity index (χ4n) is 2.64. The Morgan fingerprint density at radius 3 is 2.29 bits per heavy atom. The zero-order valence-corrected chi connectivity index (χ0v) is 11.9. The summed E-state index contributed by atoms with van der Waals surface area (Å²) in [5.41, 5.74) is -0.0919. The minimum Gasteiger partial charge on any atom is -0.338 e. The first-order chi connectivity index (χ1) is 7.95. The maximum absolute atomic E-state index is 12.1. The lowest BCUT2D eigenvalue weighted by Crippen LogP contribution is -2.51. The number of amides is 2. The maximum atomic E-state index is 12.1. The molecule has 0 heterocycles. The van der Waals surface area contributed by atoms with Crippen molar-refractivity contribution in [2.24, 2.45) is 5.92 Å². The predicted octanol–water partition coefficient (Wildman–Crippen LogP) is 3.40. The van der Waals surface area contributed by atoms with Gasteiger partial charge >= 0.3 is 6.03 Å². The Labute approximate surface area is 106 Å². The van der Waals surface area contributed by atoms with Crippen molar-refractivity contribution in [1.82, 2.24) is 10.2 Å². The smallest absolute Gasteiger partial charge is 0.317 e. The third-order valence-corrected chi connectivity index (χ3v) is 3.64. The van der Waals surface area contributed by atoms with Crippen molar-refractivity contribution in [2.45, 2.75) is 65.3 Å². The Balaban J connectivity index is 2.36. The monoisotopic (exact) mass is 240 g/mol. The number of rotatable bonds is 3. The molecule has 0 radical (unpaired) electrons. The van der Waals surface area contributed by atoms with E-state index in [1.54, 1.807) is 0 Å². The summed E-state index contributed by atoms with van der Waals surface area (Å²) in [6.45, 7) is 9.89. The average Bonchev–Trinajstić information content (AvgIpc) is 2.27.